The second-order valence-corrected chi connectivity index (χ2v) is 5.62. The SMILES string of the molecule is CC1CCN(C(N)=NCCCN(C)CC(F)(F)F)CC1.I. The Balaban J connectivity index is 0.00000400. The highest BCUT2D eigenvalue weighted by molar-refractivity contribution is 14.0. The van der Waals surface area contributed by atoms with E-state index in [2.05, 4.69) is 16.8 Å². The lowest BCUT2D eigenvalue weighted by Gasteiger charge is -2.31. The van der Waals surface area contributed by atoms with Crippen molar-refractivity contribution in [3.63, 3.8) is 0 Å². The van der Waals surface area contributed by atoms with E-state index in [4.69, 9.17) is 5.73 Å². The smallest absolute Gasteiger partial charge is 0.370 e. The molecular formula is C13H26F3IN4. The number of guanidine groups is 1. The van der Waals surface area contributed by atoms with Gasteiger partial charge in [0.25, 0.3) is 0 Å². The van der Waals surface area contributed by atoms with Crippen LogP contribution in [0.4, 0.5) is 13.2 Å². The Labute approximate surface area is 142 Å². The summed E-state index contributed by atoms with van der Waals surface area (Å²) >= 11 is 0. The molecule has 0 aromatic rings. The van der Waals surface area contributed by atoms with E-state index in [9.17, 15) is 13.2 Å². The Morgan fingerprint density at radius 3 is 2.43 bits per heavy atom. The summed E-state index contributed by atoms with van der Waals surface area (Å²) in [6.07, 6.45) is -1.33. The molecule has 4 nitrogen and oxygen atoms in total. The summed E-state index contributed by atoms with van der Waals surface area (Å²) in [5, 5.41) is 0. The summed E-state index contributed by atoms with van der Waals surface area (Å²) in [6.45, 7) is 4.03. The Hall–Kier alpha value is -0.250. The van der Waals surface area contributed by atoms with Gasteiger partial charge in [-0.2, -0.15) is 13.2 Å². The second kappa shape index (κ2) is 9.70. The van der Waals surface area contributed by atoms with Crippen molar-refractivity contribution >= 4 is 29.9 Å². The van der Waals surface area contributed by atoms with Crippen LogP contribution in [0.3, 0.4) is 0 Å². The van der Waals surface area contributed by atoms with E-state index in [1.54, 1.807) is 0 Å². The summed E-state index contributed by atoms with van der Waals surface area (Å²) in [5.41, 5.74) is 5.89. The molecule has 0 spiro atoms. The molecule has 1 aliphatic heterocycles. The number of alkyl halides is 3. The molecule has 21 heavy (non-hydrogen) atoms. The van der Waals surface area contributed by atoms with Crippen LogP contribution in [0.1, 0.15) is 26.2 Å². The lowest BCUT2D eigenvalue weighted by molar-refractivity contribution is -0.143. The summed E-state index contributed by atoms with van der Waals surface area (Å²) in [5.74, 6) is 1.26. The van der Waals surface area contributed by atoms with Crippen LogP contribution in [-0.4, -0.2) is 61.7 Å². The fourth-order valence-electron chi connectivity index (χ4n) is 2.26. The van der Waals surface area contributed by atoms with Crippen LogP contribution in [-0.2, 0) is 0 Å². The van der Waals surface area contributed by atoms with Gasteiger partial charge in [-0.3, -0.25) is 9.89 Å². The van der Waals surface area contributed by atoms with Crippen molar-refractivity contribution in [3.8, 4) is 0 Å². The number of rotatable bonds is 5. The lowest BCUT2D eigenvalue weighted by atomic mass is 10.00. The summed E-state index contributed by atoms with van der Waals surface area (Å²) in [4.78, 5) is 7.57. The summed E-state index contributed by atoms with van der Waals surface area (Å²) < 4.78 is 36.4. The van der Waals surface area contributed by atoms with Gasteiger partial charge in [0.2, 0.25) is 0 Å². The van der Waals surface area contributed by atoms with Crippen LogP contribution >= 0.6 is 24.0 Å². The third kappa shape index (κ3) is 9.38. The molecule has 1 fully saturated rings. The van der Waals surface area contributed by atoms with Crippen molar-refractivity contribution < 1.29 is 13.2 Å². The van der Waals surface area contributed by atoms with Crippen LogP contribution in [0.5, 0.6) is 0 Å². The van der Waals surface area contributed by atoms with Gasteiger partial charge in [0, 0.05) is 19.6 Å². The third-order valence-electron chi connectivity index (χ3n) is 3.53. The first-order valence-electron chi connectivity index (χ1n) is 7.08. The zero-order valence-electron chi connectivity index (χ0n) is 12.7. The average molecular weight is 422 g/mol. The van der Waals surface area contributed by atoms with Crippen LogP contribution in [0.2, 0.25) is 0 Å². The molecule has 1 saturated heterocycles. The third-order valence-corrected chi connectivity index (χ3v) is 3.53. The van der Waals surface area contributed by atoms with E-state index in [1.165, 1.54) is 11.9 Å². The predicted octanol–water partition coefficient (Wildman–Crippen LogP) is 2.54. The molecule has 0 atom stereocenters. The first-order valence-corrected chi connectivity index (χ1v) is 7.08. The van der Waals surface area contributed by atoms with Crippen molar-refractivity contribution in [3.05, 3.63) is 0 Å². The highest BCUT2D eigenvalue weighted by atomic mass is 127. The van der Waals surface area contributed by atoms with Crippen LogP contribution in [0.25, 0.3) is 0 Å². The Morgan fingerprint density at radius 2 is 1.90 bits per heavy atom. The van der Waals surface area contributed by atoms with Crippen molar-refractivity contribution in [2.24, 2.45) is 16.6 Å². The molecular weight excluding hydrogens is 396 g/mol. The minimum Gasteiger partial charge on any atom is -0.370 e. The van der Waals surface area contributed by atoms with Gasteiger partial charge in [0.1, 0.15) is 0 Å². The predicted molar refractivity (Wildman–Crippen MR) is 90.0 cm³/mol. The van der Waals surface area contributed by atoms with Crippen molar-refractivity contribution in [1.82, 2.24) is 9.80 Å². The number of halogens is 4. The van der Waals surface area contributed by atoms with Crippen molar-refractivity contribution in [2.75, 3.05) is 39.8 Å². The molecule has 0 aromatic carbocycles. The summed E-state index contributed by atoms with van der Waals surface area (Å²) in [7, 11) is 1.46. The van der Waals surface area contributed by atoms with Crippen LogP contribution < -0.4 is 5.73 Å². The average Bonchev–Trinajstić information content (AvgIpc) is 2.33. The van der Waals surface area contributed by atoms with Gasteiger partial charge >= 0.3 is 6.18 Å². The molecule has 0 unspecified atom stereocenters. The normalized spacial score (nSPS) is 18.0. The molecule has 0 amide bonds. The van der Waals surface area contributed by atoms with E-state index in [1.807, 2.05) is 0 Å². The Kier molecular flexibility index (Phi) is 9.59. The number of piperidine rings is 1. The quantitative estimate of drug-likeness (QED) is 0.321. The zero-order valence-corrected chi connectivity index (χ0v) is 15.0. The van der Waals surface area contributed by atoms with E-state index in [0.29, 0.717) is 25.5 Å². The van der Waals surface area contributed by atoms with E-state index in [-0.39, 0.29) is 24.0 Å². The first kappa shape index (κ1) is 20.8. The topological polar surface area (TPSA) is 44.9 Å². The monoisotopic (exact) mass is 422 g/mol. The van der Waals surface area contributed by atoms with Gasteiger partial charge in [-0.15, -0.1) is 24.0 Å². The molecule has 2 N–H and O–H groups in total. The number of nitrogens with zero attached hydrogens (tertiary/aromatic N) is 3. The molecule has 126 valence electrons. The fraction of sp³-hybridized carbons (Fsp3) is 0.923. The Morgan fingerprint density at radius 1 is 1.33 bits per heavy atom. The molecule has 1 aliphatic rings. The lowest BCUT2D eigenvalue weighted by Crippen LogP contribution is -2.42. The van der Waals surface area contributed by atoms with E-state index < -0.39 is 12.7 Å². The molecule has 1 rings (SSSR count). The highest BCUT2D eigenvalue weighted by Crippen LogP contribution is 2.16. The molecule has 8 heteroatoms. The van der Waals surface area contributed by atoms with Gasteiger partial charge in [-0.25, -0.2) is 0 Å². The number of hydrogen-bond acceptors (Lipinski definition) is 2. The van der Waals surface area contributed by atoms with Gasteiger partial charge < -0.3 is 10.6 Å². The molecule has 0 saturated carbocycles. The fourth-order valence-corrected chi connectivity index (χ4v) is 2.26. The molecule has 0 bridgehead atoms. The number of aliphatic imine (C=N–C) groups is 1. The largest absolute Gasteiger partial charge is 0.401 e. The maximum atomic E-state index is 12.1. The zero-order chi connectivity index (χ0) is 15.2. The van der Waals surface area contributed by atoms with E-state index in [0.717, 1.165) is 31.8 Å². The maximum Gasteiger partial charge on any atom is 0.401 e. The van der Waals surface area contributed by atoms with Crippen molar-refractivity contribution in [2.45, 2.75) is 32.4 Å². The molecule has 1 heterocycles. The minimum absolute atomic E-state index is 0. The molecule has 0 aromatic heterocycles. The van der Waals surface area contributed by atoms with Gasteiger partial charge in [-0.1, -0.05) is 6.92 Å². The van der Waals surface area contributed by atoms with Gasteiger partial charge in [-0.05, 0) is 38.8 Å². The van der Waals surface area contributed by atoms with E-state index >= 15 is 0 Å². The van der Waals surface area contributed by atoms with Crippen LogP contribution in [0.15, 0.2) is 4.99 Å². The van der Waals surface area contributed by atoms with Gasteiger partial charge in [0.05, 0.1) is 6.54 Å². The molecule has 0 aliphatic carbocycles. The van der Waals surface area contributed by atoms with Crippen molar-refractivity contribution in [1.29, 1.82) is 0 Å². The highest BCUT2D eigenvalue weighted by Gasteiger charge is 2.28. The maximum absolute atomic E-state index is 12.1. The first-order chi connectivity index (χ1) is 9.28. The van der Waals surface area contributed by atoms with Gasteiger partial charge in [0.15, 0.2) is 5.96 Å². The number of likely N-dealkylation sites (tertiary alicyclic amines) is 1. The summed E-state index contributed by atoms with van der Waals surface area (Å²) in [6, 6.07) is 0. The molecule has 0 radical (unpaired) electrons. The number of nitrogens with two attached hydrogens (primary N) is 1. The van der Waals surface area contributed by atoms with Crippen LogP contribution in [0, 0.1) is 5.92 Å². The minimum atomic E-state index is -4.14. The second-order valence-electron chi connectivity index (χ2n) is 5.62. The number of hydrogen-bond donors (Lipinski definition) is 1. The standard InChI is InChI=1S/C13H25F3N4.HI/c1-11-4-8-20(9-5-11)12(17)18-6-3-7-19(2)10-13(14,15)16;/h11H,3-10H2,1-2H3,(H2,17,18);1H. The Bertz CT molecular complexity index is 315.